The molecule has 0 radical (unpaired) electrons. The minimum Gasteiger partial charge on any atom is -0.489 e. The maximum absolute atomic E-state index is 12.9. The molecular weight excluding hydrogens is 383 g/mol. The zero-order chi connectivity index (χ0) is 17.6. The van der Waals surface area contributed by atoms with Crippen LogP contribution in [0.3, 0.4) is 0 Å². The van der Waals surface area contributed by atoms with Gasteiger partial charge in [-0.3, -0.25) is 9.48 Å². The van der Waals surface area contributed by atoms with Gasteiger partial charge in [-0.2, -0.15) is 0 Å². The van der Waals surface area contributed by atoms with Crippen LogP contribution in [0.2, 0.25) is 15.2 Å². The van der Waals surface area contributed by atoms with Crippen LogP contribution in [0.5, 0.6) is 5.75 Å². The smallest absolute Gasteiger partial charge is 0.276 e. The summed E-state index contributed by atoms with van der Waals surface area (Å²) in [7, 11) is 0. The van der Waals surface area contributed by atoms with Crippen molar-refractivity contribution in [2.45, 2.75) is 57.7 Å². The highest BCUT2D eigenvalue weighted by Gasteiger charge is 2.25. The minimum atomic E-state index is -0.110. The lowest BCUT2D eigenvalue weighted by molar-refractivity contribution is 0.210. The van der Waals surface area contributed by atoms with Gasteiger partial charge in [0, 0.05) is 18.7 Å². The van der Waals surface area contributed by atoms with Crippen LogP contribution in [0.15, 0.2) is 16.9 Å². The average Bonchev–Trinajstić information content (AvgIpc) is 3.19. The molecule has 1 fully saturated rings. The van der Waals surface area contributed by atoms with Gasteiger partial charge in [0.1, 0.15) is 10.9 Å². The molecule has 25 heavy (non-hydrogen) atoms. The van der Waals surface area contributed by atoms with Crippen molar-refractivity contribution in [1.82, 2.24) is 9.36 Å². The number of fused-ring (bicyclic) bond motifs is 1. The van der Waals surface area contributed by atoms with Crippen LogP contribution in [-0.2, 0) is 13.1 Å². The average molecular weight is 402 g/mol. The lowest BCUT2D eigenvalue weighted by Gasteiger charge is -2.17. The second kappa shape index (κ2) is 6.90. The van der Waals surface area contributed by atoms with Gasteiger partial charge >= 0.3 is 0 Å². The van der Waals surface area contributed by atoms with E-state index in [-0.39, 0.29) is 11.7 Å². The molecule has 0 amide bonds. The molecule has 7 heteroatoms. The molecule has 0 saturated heterocycles. The normalized spacial score (nSPS) is 17.7. The first-order valence-electron chi connectivity index (χ1n) is 8.71. The van der Waals surface area contributed by atoms with E-state index in [9.17, 15) is 4.79 Å². The van der Waals surface area contributed by atoms with Crippen LogP contribution in [-0.4, -0.2) is 15.5 Å². The molecule has 1 aliphatic carbocycles. The van der Waals surface area contributed by atoms with Crippen LogP contribution < -0.4 is 10.3 Å². The Morgan fingerprint density at radius 1 is 0.920 bits per heavy atom. The fourth-order valence-corrected chi connectivity index (χ4v) is 4.63. The Morgan fingerprint density at radius 2 is 1.60 bits per heavy atom. The van der Waals surface area contributed by atoms with Crippen LogP contribution in [0.25, 0.3) is 11.1 Å². The monoisotopic (exact) mass is 400 g/mol. The summed E-state index contributed by atoms with van der Waals surface area (Å²) in [4.78, 5) is 12.9. The zero-order valence-electron chi connectivity index (χ0n) is 13.7. The van der Waals surface area contributed by atoms with Crippen LogP contribution in [0, 0.1) is 0 Å². The van der Waals surface area contributed by atoms with Gasteiger partial charge in [-0.05, 0) is 50.7 Å². The number of rotatable bonds is 3. The van der Waals surface area contributed by atoms with Crippen molar-refractivity contribution in [2.24, 2.45) is 0 Å². The summed E-state index contributed by atoms with van der Waals surface area (Å²) in [6, 6.07) is 3.40. The summed E-state index contributed by atoms with van der Waals surface area (Å²) >= 11 is 19.2. The second-order valence-electron chi connectivity index (χ2n) is 6.71. The Morgan fingerprint density at radius 3 is 2.28 bits per heavy atom. The molecule has 0 atom stereocenters. The summed E-state index contributed by atoms with van der Waals surface area (Å²) in [5, 5.41) is 1.30. The van der Waals surface area contributed by atoms with E-state index in [1.165, 1.54) is 12.8 Å². The highest BCUT2D eigenvalue weighted by atomic mass is 35.5. The molecule has 134 valence electrons. The standard InChI is InChI=1S/C18H19Cl3N2O2/c19-13-10-14(20)15(25-11-5-1-2-6-11)9-12(13)16-17(21)22-7-3-4-8-23(22)18(16)24/h9-11H,1-8H2. The van der Waals surface area contributed by atoms with Crippen molar-refractivity contribution in [2.75, 3.05) is 0 Å². The Bertz CT molecular complexity index is 866. The zero-order valence-corrected chi connectivity index (χ0v) is 16.0. The molecule has 1 saturated carbocycles. The highest BCUT2D eigenvalue weighted by molar-refractivity contribution is 6.38. The molecule has 0 N–H and O–H groups in total. The van der Waals surface area contributed by atoms with Gasteiger partial charge in [0.05, 0.1) is 21.7 Å². The highest BCUT2D eigenvalue weighted by Crippen LogP contribution is 2.40. The first kappa shape index (κ1) is 17.3. The summed E-state index contributed by atoms with van der Waals surface area (Å²) in [5.74, 6) is 0.567. The maximum Gasteiger partial charge on any atom is 0.276 e. The molecule has 0 spiro atoms. The van der Waals surface area contributed by atoms with E-state index in [1.54, 1.807) is 16.8 Å². The van der Waals surface area contributed by atoms with Crippen molar-refractivity contribution in [3.05, 3.63) is 37.7 Å². The molecule has 4 rings (SSSR count). The topological polar surface area (TPSA) is 36.2 Å². The van der Waals surface area contributed by atoms with E-state index < -0.39 is 0 Å². The Balaban J connectivity index is 1.80. The molecule has 0 unspecified atom stereocenters. The van der Waals surface area contributed by atoms with Gasteiger partial charge in [-0.15, -0.1) is 0 Å². The van der Waals surface area contributed by atoms with E-state index in [0.29, 0.717) is 38.6 Å². The Labute approximate surface area is 161 Å². The number of aromatic nitrogens is 2. The molecule has 2 heterocycles. The third kappa shape index (κ3) is 3.09. The maximum atomic E-state index is 12.9. The van der Waals surface area contributed by atoms with E-state index in [2.05, 4.69) is 0 Å². The van der Waals surface area contributed by atoms with Crippen molar-refractivity contribution >= 4 is 34.8 Å². The Hall–Kier alpha value is -1.10. The van der Waals surface area contributed by atoms with Gasteiger partial charge in [0.2, 0.25) is 0 Å². The summed E-state index contributed by atoms with van der Waals surface area (Å²) in [6.45, 7) is 1.42. The number of ether oxygens (including phenoxy) is 1. The third-order valence-corrected chi connectivity index (χ3v) is 6.04. The van der Waals surface area contributed by atoms with Crippen molar-refractivity contribution < 1.29 is 4.74 Å². The predicted molar refractivity (Wildman–Crippen MR) is 101 cm³/mol. The van der Waals surface area contributed by atoms with E-state index in [4.69, 9.17) is 39.5 Å². The van der Waals surface area contributed by atoms with E-state index in [1.807, 2.05) is 4.68 Å². The minimum absolute atomic E-state index is 0.110. The van der Waals surface area contributed by atoms with Crippen LogP contribution in [0.1, 0.15) is 38.5 Å². The molecule has 1 aromatic heterocycles. The fraction of sp³-hybridized carbons (Fsp3) is 0.500. The van der Waals surface area contributed by atoms with Crippen LogP contribution >= 0.6 is 34.8 Å². The molecule has 2 aliphatic rings. The molecular formula is C18H19Cl3N2O2. The number of hydrogen-bond acceptors (Lipinski definition) is 2. The largest absolute Gasteiger partial charge is 0.489 e. The molecule has 4 nitrogen and oxygen atoms in total. The van der Waals surface area contributed by atoms with Crippen molar-refractivity contribution in [1.29, 1.82) is 0 Å². The lowest BCUT2D eigenvalue weighted by atomic mass is 10.1. The third-order valence-electron chi connectivity index (χ3n) is 5.05. The number of hydrogen-bond donors (Lipinski definition) is 0. The van der Waals surface area contributed by atoms with Crippen molar-refractivity contribution in [3.63, 3.8) is 0 Å². The van der Waals surface area contributed by atoms with E-state index in [0.717, 1.165) is 32.2 Å². The summed E-state index contributed by atoms with van der Waals surface area (Å²) in [6.07, 6.45) is 6.55. The first-order valence-corrected chi connectivity index (χ1v) is 9.85. The number of nitrogens with zero attached hydrogens (tertiary/aromatic N) is 2. The van der Waals surface area contributed by atoms with Gasteiger partial charge in [-0.25, -0.2) is 4.68 Å². The van der Waals surface area contributed by atoms with Crippen LogP contribution in [0.4, 0.5) is 0 Å². The summed E-state index contributed by atoms with van der Waals surface area (Å²) < 4.78 is 9.59. The van der Waals surface area contributed by atoms with E-state index >= 15 is 0 Å². The summed E-state index contributed by atoms with van der Waals surface area (Å²) in [5.41, 5.74) is 0.908. The van der Waals surface area contributed by atoms with Crippen molar-refractivity contribution in [3.8, 4) is 16.9 Å². The SMILES string of the molecule is O=c1c(-c2cc(OC3CCCC3)c(Cl)cc2Cl)c(Cl)n2n1CCCC2. The quantitative estimate of drug-likeness (QED) is 0.691. The van der Waals surface area contributed by atoms with Gasteiger partial charge in [0.25, 0.3) is 5.56 Å². The fourth-order valence-electron chi connectivity index (χ4n) is 3.75. The predicted octanol–water partition coefficient (Wildman–Crippen LogP) is 5.39. The van der Waals surface area contributed by atoms with Gasteiger partial charge < -0.3 is 4.74 Å². The first-order chi connectivity index (χ1) is 12.1. The van der Waals surface area contributed by atoms with Gasteiger partial charge in [0.15, 0.2) is 0 Å². The molecule has 1 aromatic carbocycles. The molecule has 1 aliphatic heterocycles. The number of halogens is 3. The molecule has 2 aromatic rings. The molecule has 0 bridgehead atoms. The second-order valence-corrected chi connectivity index (χ2v) is 7.88. The lowest BCUT2D eigenvalue weighted by Crippen LogP contribution is -2.27. The van der Waals surface area contributed by atoms with Gasteiger partial charge in [-0.1, -0.05) is 34.8 Å². The number of benzene rings is 1. The Kier molecular flexibility index (Phi) is 4.78.